The van der Waals surface area contributed by atoms with Crippen molar-refractivity contribution in [3.63, 3.8) is 0 Å². The Morgan fingerprint density at radius 2 is 1.75 bits per heavy atom. The highest BCUT2D eigenvalue weighted by Crippen LogP contribution is 2.37. The number of anilines is 1. The van der Waals surface area contributed by atoms with Crippen LogP contribution in [-0.4, -0.2) is 69.4 Å². The molecule has 40 heavy (non-hydrogen) atoms. The fraction of sp³-hybridized carbons (Fsp3) is 0.429. The van der Waals surface area contributed by atoms with E-state index in [9.17, 15) is 18.8 Å². The Morgan fingerprint density at radius 3 is 2.42 bits per heavy atom. The van der Waals surface area contributed by atoms with Crippen LogP contribution in [0.15, 0.2) is 42.5 Å². The van der Waals surface area contributed by atoms with E-state index in [2.05, 4.69) is 10.4 Å². The van der Waals surface area contributed by atoms with Crippen LogP contribution in [0.3, 0.4) is 0 Å². The second-order valence-corrected chi connectivity index (χ2v) is 11.3. The first kappa shape index (κ1) is 27.9. The summed E-state index contributed by atoms with van der Waals surface area (Å²) in [6.07, 6.45) is -1.66. The summed E-state index contributed by atoms with van der Waals surface area (Å²) in [7, 11) is -0.981. The van der Waals surface area contributed by atoms with Crippen molar-refractivity contribution >= 4 is 46.8 Å². The molecule has 2 amide bonds. The van der Waals surface area contributed by atoms with Gasteiger partial charge in [0.05, 0.1) is 29.0 Å². The Hall–Kier alpha value is -3.64. The van der Waals surface area contributed by atoms with Crippen LogP contribution in [0, 0.1) is 5.82 Å². The number of para-hydroxylation sites is 1. The van der Waals surface area contributed by atoms with Crippen LogP contribution in [0.4, 0.5) is 14.5 Å². The average Bonchev–Trinajstić information content (AvgIpc) is 3.51. The number of rotatable bonds is 6. The number of likely N-dealkylation sites (tertiary alicyclic amines) is 1. The zero-order chi connectivity index (χ0) is 29.0. The normalized spacial score (nSPS) is 21.7. The van der Waals surface area contributed by atoms with E-state index in [1.807, 2.05) is 27.7 Å². The van der Waals surface area contributed by atoms with E-state index in [4.69, 9.17) is 9.31 Å². The quantitative estimate of drug-likeness (QED) is 0.372. The molecule has 0 unspecified atom stereocenters. The summed E-state index contributed by atoms with van der Waals surface area (Å²) in [4.78, 5) is 39.7. The van der Waals surface area contributed by atoms with Gasteiger partial charge in [-0.05, 0) is 39.8 Å². The second kappa shape index (κ2) is 10.1. The van der Waals surface area contributed by atoms with Gasteiger partial charge in [0.15, 0.2) is 5.78 Å². The largest absolute Gasteiger partial charge is 0.497 e. The zero-order valence-corrected chi connectivity index (χ0v) is 23.0. The Kier molecular flexibility index (Phi) is 7.04. The molecule has 2 saturated heterocycles. The number of aromatic nitrogens is 2. The number of alkyl halides is 1. The maximum Gasteiger partial charge on any atom is 0.497 e. The molecule has 0 radical (unpaired) electrons. The van der Waals surface area contributed by atoms with Crippen LogP contribution in [0.25, 0.3) is 10.9 Å². The summed E-state index contributed by atoms with van der Waals surface area (Å²) in [5.74, 6) is -2.25. The van der Waals surface area contributed by atoms with Crippen LogP contribution in [0.2, 0.25) is 0 Å². The van der Waals surface area contributed by atoms with Crippen molar-refractivity contribution in [1.82, 2.24) is 14.7 Å². The topological polar surface area (TPSA) is 103 Å². The first-order valence-corrected chi connectivity index (χ1v) is 13.1. The van der Waals surface area contributed by atoms with Gasteiger partial charge < -0.3 is 19.5 Å². The third kappa shape index (κ3) is 4.90. The average molecular weight is 552 g/mol. The molecule has 2 atom stereocenters. The molecule has 3 aromatic rings. The molecule has 1 aromatic heterocycles. The minimum absolute atomic E-state index is 0.117. The molecular weight excluding hydrogens is 521 g/mol. The number of nitrogens with zero attached hydrogens (tertiary/aromatic N) is 3. The van der Waals surface area contributed by atoms with Gasteiger partial charge in [0.2, 0.25) is 11.8 Å². The van der Waals surface area contributed by atoms with E-state index in [0.717, 1.165) is 4.90 Å². The lowest BCUT2D eigenvalue weighted by Crippen LogP contribution is -2.45. The van der Waals surface area contributed by atoms with Gasteiger partial charge in [-0.25, -0.2) is 8.78 Å². The molecule has 3 heterocycles. The Bertz CT molecular complexity index is 1490. The van der Waals surface area contributed by atoms with Crippen molar-refractivity contribution in [1.29, 1.82) is 0 Å². The number of benzene rings is 2. The van der Waals surface area contributed by atoms with Gasteiger partial charge in [0.1, 0.15) is 30.3 Å². The summed E-state index contributed by atoms with van der Waals surface area (Å²) in [6, 6.07) is 10.3. The SMILES string of the molecule is CC(=O)c1nn(CC(=O)N2C[C@H](F)C[C@@H]2C(=O)Nc2cccc(B3OC(C)(C)C(C)(C)O3)c2F)c2ccccc12. The van der Waals surface area contributed by atoms with Crippen molar-refractivity contribution in [2.24, 2.45) is 0 Å². The monoisotopic (exact) mass is 552 g/mol. The molecule has 0 saturated carbocycles. The number of nitrogens with one attached hydrogen (secondary N) is 1. The summed E-state index contributed by atoms with van der Waals surface area (Å²) >= 11 is 0. The van der Waals surface area contributed by atoms with Crippen LogP contribution in [0.5, 0.6) is 0 Å². The van der Waals surface area contributed by atoms with E-state index >= 15 is 4.39 Å². The van der Waals surface area contributed by atoms with Crippen LogP contribution >= 0.6 is 0 Å². The highest BCUT2D eigenvalue weighted by atomic mass is 19.1. The van der Waals surface area contributed by atoms with Crippen LogP contribution < -0.4 is 10.8 Å². The molecule has 2 aliphatic heterocycles. The number of carbonyl (C=O) groups excluding carboxylic acids is 3. The van der Waals surface area contributed by atoms with Crippen molar-refractivity contribution < 1.29 is 32.5 Å². The molecule has 210 valence electrons. The van der Waals surface area contributed by atoms with Crippen molar-refractivity contribution in [2.75, 3.05) is 11.9 Å². The van der Waals surface area contributed by atoms with Gasteiger partial charge in [0, 0.05) is 24.2 Å². The van der Waals surface area contributed by atoms with E-state index in [0.29, 0.717) is 10.9 Å². The summed E-state index contributed by atoms with van der Waals surface area (Å²) in [5.41, 5.74) is -0.591. The summed E-state index contributed by atoms with van der Waals surface area (Å²) in [6.45, 7) is 8.20. The molecular formula is C28H31BF2N4O5. The fourth-order valence-corrected chi connectivity index (χ4v) is 5.05. The lowest BCUT2D eigenvalue weighted by Gasteiger charge is -2.32. The van der Waals surface area contributed by atoms with Gasteiger partial charge >= 0.3 is 7.12 Å². The lowest BCUT2D eigenvalue weighted by atomic mass is 9.78. The van der Waals surface area contributed by atoms with E-state index in [1.54, 1.807) is 30.3 Å². The maximum absolute atomic E-state index is 15.5. The molecule has 12 heteroatoms. The number of fused-ring (bicyclic) bond motifs is 1. The molecule has 0 bridgehead atoms. The smallest absolute Gasteiger partial charge is 0.399 e. The van der Waals surface area contributed by atoms with Crippen LogP contribution in [0.1, 0.15) is 51.5 Å². The fourth-order valence-electron chi connectivity index (χ4n) is 5.05. The van der Waals surface area contributed by atoms with Gasteiger partial charge in [-0.2, -0.15) is 5.10 Å². The molecule has 9 nitrogen and oxygen atoms in total. The van der Waals surface area contributed by atoms with Gasteiger partial charge in [-0.1, -0.05) is 30.3 Å². The number of halogens is 2. The third-order valence-electron chi connectivity index (χ3n) is 7.94. The molecule has 5 rings (SSSR count). The third-order valence-corrected chi connectivity index (χ3v) is 7.94. The minimum atomic E-state index is -1.43. The van der Waals surface area contributed by atoms with Gasteiger partial charge in [-0.15, -0.1) is 0 Å². The highest BCUT2D eigenvalue weighted by Gasteiger charge is 2.52. The van der Waals surface area contributed by atoms with Crippen molar-refractivity contribution in [3.05, 3.63) is 54.0 Å². The standard InChI is InChI=1S/C28H31BF2N4O5/c1-16(36)25-18-9-6-7-12-21(18)35(33-25)15-23(37)34-14-17(30)13-22(34)26(38)32-20-11-8-10-19(24(20)31)29-39-27(2,3)28(4,5)40-29/h6-12,17,22H,13-15H2,1-5H3,(H,32,38)/t17-,22-/m1/s1. The molecule has 0 spiro atoms. The number of amides is 2. The number of hydrogen-bond acceptors (Lipinski definition) is 6. The molecule has 0 aliphatic carbocycles. The molecule has 1 N–H and O–H groups in total. The number of Topliss-reactive ketones (excluding diaryl/α,β-unsaturated/α-hetero) is 1. The molecule has 2 fully saturated rings. The van der Waals surface area contributed by atoms with E-state index in [-0.39, 0.29) is 42.1 Å². The number of carbonyl (C=O) groups is 3. The number of ketones is 1. The highest BCUT2D eigenvalue weighted by molar-refractivity contribution is 6.62. The lowest BCUT2D eigenvalue weighted by molar-refractivity contribution is -0.137. The minimum Gasteiger partial charge on any atom is -0.399 e. The van der Waals surface area contributed by atoms with Gasteiger partial charge in [-0.3, -0.25) is 19.1 Å². The maximum atomic E-state index is 15.5. The first-order chi connectivity index (χ1) is 18.8. The van der Waals surface area contributed by atoms with Crippen LogP contribution in [-0.2, 0) is 25.4 Å². The Balaban J connectivity index is 1.34. The predicted molar refractivity (Wildman–Crippen MR) is 145 cm³/mol. The Labute approximate surface area is 230 Å². The second-order valence-electron chi connectivity index (χ2n) is 11.3. The van der Waals surface area contributed by atoms with E-state index < -0.39 is 48.2 Å². The van der Waals surface area contributed by atoms with Gasteiger partial charge in [0.25, 0.3) is 0 Å². The summed E-state index contributed by atoms with van der Waals surface area (Å²) < 4.78 is 43.4. The summed E-state index contributed by atoms with van der Waals surface area (Å²) in [5, 5.41) is 7.41. The molecule has 2 aromatic carbocycles. The van der Waals surface area contributed by atoms with Crippen molar-refractivity contribution in [2.45, 2.75) is 71.0 Å². The molecule has 2 aliphatic rings. The Morgan fingerprint density at radius 1 is 1.07 bits per heavy atom. The zero-order valence-electron chi connectivity index (χ0n) is 23.0. The first-order valence-electron chi connectivity index (χ1n) is 13.1. The number of hydrogen-bond donors (Lipinski definition) is 1. The van der Waals surface area contributed by atoms with Crippen molar-refractivity contribution in [3.8, 4) is 0 Å². The van der Waals surface area contributed by atoms with E-state index in [1.165, 1.54) is 23.7 Å². The predicted octanol–water partition coefficient (Wildman–Crippen LogP) is 3.25.